The van der Waals surface area contributed by atoms with Crippen LogP contribution in [0.2, 0.25) is 0 Å². The number of ether oxygens (including phenoxy) is 1. The Hall–Kier alpha value is -2.05. The van der Waals surface area contributed by atoms with E-state index >= 15 is 0 Å². The first-order valence-corrected chi connectivity index (χ1v) is 5.94. The highest BCUT2D eigenvalue weighted by Crippen LogP contribution is 2.07. The molecule has 0 aromatic carbocycles. The van der Waals surface area contributed by atoms with Gasteiger partial charge in [-0.05, 0) is 26.3 Å². The molecular weight excluding hydrogens is 232 g/mol. The largest absolute Gasteiger partial charge is 0.461 e. The Morgan fingerprint density at radius 3 is 2.44 bits per heavy atom. The molecule has 0 aliphatic rings. The van der Waals surface area contributed by atoms with Crippen molar-refractivity contribution in [2.45, 2.75) is 33.6 Å². The number of hydrogen-bond donors (Lipinski definition) is 0. The third-order valence-electron chi connectivity index (χ3n) is 2.38. The SMILES string of the molecule is CCCCOc1nnc(-n2nc(C)cc2C)nn1. The van der Waals surface area contributed by atoms with E-state index < -0.39 is 0 Å². The summed E-state index contributed by atoms with van der Waals surface area (Å²) in [6, 6.07) is 2.14. The average Bonchev–Trinajstić information content (AvgIpc) is 2.70. The summed E-state index contributed by atoms with van der Waals surface area (Å²) in [6.07, 6.45) is 2.02. The Balaban J connectivity index is 2.10. The first kappa shape index (κ1) is 12.4. The predicted molar refractivity (Wildman–Crippen MR) is 64.6 cm³/mol. The molecule has 2 rings (SSSR count). The van der Waals surface area contributed by atoms with Crippen LogP contribution < -0.4 is 4.74 Å². The molecule has 2 aromatic rings. The summed E-state index contributed by atoms with van der Waals surface area (Å²) in [5.74, 6) is 0.350. The van der Waals surface area contributed by atoms with Crippen LogP contribution in [0.5, 0.6) is 6.01 Å². The molecule has 2 aromatic heterocycles. The normalized spacial score (nSPS) is 10.6. The Labute approximate surface area is 105 Å². The number of unbranched alkanes of at least 4 members (excludes halogenated alkanes) is 1. The lowest BCUT2D eigenvalue weighted by Gasteiger charge is -2.03. The van der Waals surface area contributed by atoms with E-state index in [1.165, 1.54) is 0 Å². The number of nitrogens with zero attached hydrogens (tertiary/aromatic N) is 6. The summed E-state index contributed by atoms with van der Waals surface area (Å²) in [5, 5.41) is 19.9. The van der Waals surface area contributed by atoms with E-state index in [1.54, 1.807) is 4.68 Å². The zero-order valence-electron chi connectivity index (χ0n) is 10.8. The third-order valence-corrected chi connectivity index (χ3v) is 2.38. The molecule has 0 aliphatic carbocycles. The van der Waals surface area contributed by atoms with Crippen molar-refractivity contribution in [3.63, 3.8) is 0 Å². The van der Waals surface area contributed by atoms with Crippen LogP contribution in [-0.4, -0.2) is 36.8 Å². The fourth-order valence-electron chi connectivity index (χ4n) is 1.50. The Morgan fingerprint density at radius 1 is 1.17 bits per heavy atom. The minimum absolute atomic E-state index is 0.203. The molecule has 0 atom stereocenters. The topological polar surface area (TPSA) is 78.6 Å². The van der Waals surface area contributed by atoms with Gasteiger partial charge in [-0.1, -0.05) is 23.5 Å². The first-order chi connectivity index (χ1) is 8.70. The molecule has 0 fully saturated rings. The lowest BCUT2D eigenvalue weighted by Crippen LogP contribution is -2.10. The summed E-state index contributed by atoms with van der Waals surface area (Å²) in [6.45, 7) is 6.51. The maximum Gasteiger partial charge on any atom is 0.355 e. The van der Waals surface area contributed by atoms with Gasteiger partial charge in [0.25, 0.3) is 5.95 Å². The maximum atomic E-state index is 5.30. The van der Waals surface area contributed by atoms with Gasteiger partial charge in [0, 0.05) is 5.69 Å². The molecule has 0 aliphatic heterocycles. The lowest BCUT2D eigenvalue weighted by atomic mass is 10.4. The Kier molecular flexibility index (Phi) is 3.81. The quantitative estimate of drug-likeness (QED) is 0.741. The molecule has 0 saturated carbocycles. The predicted octanol–water partition coefficient (Wildman–Crippen LogP) is 1.25. The van der Waals surface area contributed by atoms with Crippen LogP contribution >= 0.6 is 0 Å². The molecule has 96 valence electrons. The molecule has 18 heavy (non-hydrogen) atoms. The van der Waals surface area contributed by atoms with Crippen LogP contribution in [0.1, 0.15) is 31.2 Å². The van der Waals surface area contributed by atoms with Gasteiger partial charge in [0.1, 0.15) is 0 Å². The molecule has 7 heteroatoms. The number of aryl methyl sites for hydroxylation is 2. The zero-order valence-corrected chi connectivity index (χ0v) is 10.8. The lowest BCUT2D eigenvalue weighted by molar-refractivity contribution is 0.276. The van der Waals surface area contributed by atoms with E-state index in [1.807, 2.05) is 19.9 Å². The molecule has 0 spiro atoms. The van der Waals surface area contributed by atoms with Crippen molar-refractivity contribution in [3.05, 3.63) is 17.5 Å². The molecular formula is C11H16N6O. The number of hydrogen-bond acceptors (Lipinski definition) is 6. The summed E-state index contributed by atoms with van der Waals surface area (Å²) < 4.78 is 6.90. The van der Waals surface area contributed by atoms with Crippen molar-refractivity contribution in [2.24, 2.45) is 0 Å². The van der Waals surface area contributed by atoms with Crippen LogP contribution in [0.25, 0.3) is 5.95 Å². The third kappa shape index (κ3) is 2.79. The van der Waals surface area contributed by atoms with Crippen LogP contribution in [0, 0.1) is 13.8 Å². The van der Waals surface area contributed by atoms with Gasteiger partial charge in [0.2, 0.25) is 0 Å². The van der Waals surface area contributed by atoms with Gasteiger partial charge in [-0.2, -0.15) is 5.10 Å². The van der Waals surface area contributed by atoms with Crippen LogP contribution in [0.15, 0.2) is 6.07 Å². The van der Waals surface area contributed by atoms with Crippen molar-refractivity contribution in [1.29, 1.82) is 0 Å². The Morgan fingerprint density at radius 2 is 1.89 bits per heavy atom. The molecule has 0 amide bonds. The highest BCUT2D eigenvalue weighted by molar-refractivity contribution is 5.16. The molecule has 7 nitrogen and oxygen atoms in total. The smallest absolute Gasteiger partial charge is 0.355 e. The fourth-order valence-corrected chi connectivity index (χ4v) is 1.50. The van der Waals surface area contributed by atoms with E-state index in [0.29, 0.717) is 12.6 Å². The average molecular weight is 248 g/mol. The first-order valence-electron chi connectivity index (χ1n) is 5.94. The molecule has 2 heterocycles. The van der Waals surface area contributed by atoms with Crippen molar-refractivity contribution in [2.75, 3.05) is 6.61 Å². The molecule has 0 N–H and O–H groups in total. The monoisotopic (exact) mass is 248 g/mol. The summed E-state index contributed by atoms with van der Waals surface area (Å²) in [7, 11) is 0. The van der Waals surface area contributed by atoms with Crippen molar-refractivity contribution in [3.8, 4) is 12.0 Å². The van der Waals surface area contributed by atoms with E-state index in [0.717, 1.165) is 24.2 Å². The number of aromatic nitrogens is 6. The maximum absolute atomic E-state index is 5.30. The second kappa shape index (κ2) is 5.52. The summed E-state index contributed by atoms with van der Waals surface area (Å²) in [4.78, 5) is 0. The summed E-state index contributed by atoms with van der Waals surface area (Å²) in [5.41, 5.74) is 1.84. The van der Waals surface area contributed by atoms with Crippen LogP contribution in [0.4, 0.5) is 0 Å². The van der Waals surface area contributed by atoms with Crippen molar-refractivity contribution < 1.29 is 4.74 Å². The van der Waals surface area contributed by atoms with Gasteiger partial charge >= 0.3 is 6.01 Å². The standard InChI is InChI=1S/C11H16N6O/c1-4-5-6-18-11-14-12-10(13-15-11)17-9(3)7-8(2)16-17/h7H,4-6H2,1-3H3. The van der Waals surface area contributed by atoms with Crippen LogP contribution in [-0.2, 0) is 0 Å². The molecule has 0 radical (unpaired) electrons. The van der Waals surface area contributed by atoms with E-state index in [4.69, 9.17) is 4.74 Å². The molecule has 0 bridgehead atoms. The minimum Gasteiger partial charge on any atom is -0.461 e. The van der Waals surface area contributed by atoms with Gasteiger partial charge in [-0.15, -0.1) is 10.2 Å². The second-order valence-corrected chi connectivity index (χ2v) is 4.02. The van der Waals surface area contributed by atoms with Gasteiger partial charge in [-0.25, -0.2) is 4.68 Å². The highest BCUT2D eigenvalue weighted by Gasteiger charge is 2.08. The second-order valence-electron chi connectivity index (χ2n) is 4.02. The number of rotatable bonds is 5. The fraction of sp³-hybridized carbons (Fsp3) is 0.545. The summed E-state index contributed by atoms with van der Waals surface area (Å²) >= 11 is 0. The highest BCUT2D eigenvalue weighted by atomic mass is 16.5. The van der Waals surface area contributed by atoms with E-state index in [2.05, 4.69) is 32.4 Å². The van der Waals surface area contributed by atoms with Gasteiger partial charge < -0.3 is 4.74 Å². The Bertz CT molecular complexity index is 507. The van der Waals surface area contributed by atoms with E-state index in [-0.39, 0.29) is 6.01 Å². The van der Waals surface area contributed by atoms with E-state index in [9.17, 15) is 0 Å². The van der Waals surface area contributed by atoms with Crippen molar-refractivity contribution in [1.82, 2.24) is 30.2 Å². The van der Waals surface area contributed by atoms with Gasteiger partial charge in [0.15, 0.2) is 0 Å². The zero-order chi connectivity index (χ0) is 13.0. The van der Waals surface area contributed by atoms with Gasteiger partial charge in [0.05, 0.1) is 12.3 Å². The molecule has 0 saturated heterocycles. The van der Waals surface area contributed by atoms with Crippen molar-refractivity contribution >= 4 is 0 Å². The van der Waals surface area contributed by atoms with Crippen LogP contribution in [0.3, 0.4) is 0 Å². The van der Waals surface area contributed by atoms with Gasteiger partial charge in [-0.3, -0.25) is 0 Å². The minimum atomic E-state index is 0.203. The molecule has 0 unspecified atom stereocenters.